The molecule has 1 aromatic heterocycles. The van der Waals surface area contributed by atoms with Crippen molar-refractivity contribution >= 4 is 5.91 Å². The van der Waals surface area contributed by atoms with Gasteiger partial charge in [0.05, 0.1) is 0 Å². The van der Waals surface area contributed by atoms with Crippen LogP contribution in [0.4, 0.5) is 4.39 Å². The second kappa shape index (κ2) is 6.44. The molecule has 5 heteroatoms. The highest BCUT2D eigenvalue weighted by molar-refractivity contribution is 5.92. The lowest BCUT2D eigenvalue weighted by Crippen LogP contribution is -2.45. The van der Waals surface area contributed by atoms with E-state index in [0.29, 0.717) is 5.92 Å². The van der Waals surface area contributed by atoms with Crippen LogP contribution >= 0.6 is 0 Å². The molecule has 4 nitrogen and oxygen atoms in total. The number of pyridine rings is 1. The molecule has 0 fully saturated rings. The molecular weight excluding hydrogens is 233 g/mol. The van der Waals surface area contributed by atoms with Crippen LogP contribution in [0.2, 0.25) is 0 Å². The zero-order valence-electron chi connectivity index (χ0n) is 11.3. The summed E-state index contributed by atoms with van der Waals surface area (Å²) in [5, 5.41) is 2.88. The summed E-state index contributed by atoms with van der Waals surface area (Å²) in [7, 11) is 3.89. The van der Waals surface area contributed by atoms with Crippen LogP contribution in [0.1, 0.15) is 24.3 Å². The third-order valence-corrected chi connectivity index (χ3v) is 2.63. The summed E-state index contributed by atoms with van der Waals surface area (Å²) < 4.78 is 12.9. The SMILES string of the molecule is CC(C)C(CN(C)C)NC(=O)c1cccc(F)n1. The van der Waals surface area contributed by atoms with E-state index in [-0.39, 0.29) is 17.6 Å². The molecule has 1 unspecified atom stereocenters. The van der Waals surface area contributed by atoms with E-state index in [4.69, 9.17) is 0 Å². The van der Waals surface area contributed by atoms with Crippen molar-refractivity contribution in [1.82, 2.24) is 15.2 Å². The summed E-state index contributed by atoms with van der Waals surface area (Å²) in [5.74, 6) is -0.684. The summed E-state index contributed by atoms with van der Waals surface area (Å²) in [5.41, 5.74) is 0.111. The van der Waals surface area contributed by atoms with Gasteiger partial charge in [0.15, 0.2) is 0 Å². The molecule has 1 aromatic rings. The van der Waals surface area contributed by atoms with Crippen molar-refractivity contribution in [3.63, 3.8) is 0 Å². The van der Waals surface area contributed by atoms with Crippen LogP contribution in [-0.4, -0.2) is 42.5 Å². The number of amides is 1. The largest absolute Gasteiger partial charge is 0.346 e. The monoisotopic (exact) mass is 253 g/mol. The van der Waals surface area contributed by atoms with Gasteiger partial charge in [0.25, 0.3) is 5.91 Å². The smallest absolute Gasteiger partial charge is 0.270 e. The van der Waals surface area contributed by atoms with Gasteiger partial charge in [0.1, 0.15) is 5.69 Å². The molecule has 0 bridgehead atoms. The topological polar surface area (TPSA) is 45.2 Å². The number of nitrogens with one attached hydrogen (secondary N) is 1. The fraction of sp³-hybridized carbons (Fsp3) is 0.538. The minimum absolute atomic E-state index is 0.0116. The molecule has 1 N–H and O–H groups in total. The standard InChI is InChI=1S/C13H20FN3O/c1-9(2)11(8-17(3)4)16-13(18)10-6-5-7-12(14)15-10/h5-7,9,11H,8H2,1-4H3,(H,16,18). The van der Waals surface area contributed by atoms with Gasteiger partial charge in [-0.1, -0.05) is 19.9 Å². The molecule has 0 saturated heterocycles. The van der Waals surface area contributed by atoms with Gasteiger partial charge in [0, 0.05) is 12.6 Å². The van der Waals surface area contributed by atoms with Gasteiger partial charge >= 0.3 is 0 Å². The molecule has 0 aliphatic carbocycles. The Morgan fingerprint density at radius 1 is 1.44 bits per heavy atom. The molecule has 0 spiro atoms. The molecular formula is C13H20FN3O. The predicted molar refractivity (Wildman–Crippen MR) is 68.8 cm³/mol. The third-order valence-electron chi connectivity index (χ3n) is 2.63. The molecule has 0 radical (unpaired) electrons. The first-order valence-corrected chi connectivity index (χ1v) is 5.98. The minimum Gasteiger partial charge on any atom is -0.346 e. The quantitative estimate of drug-likeness (QED) is 0.810. The fourth-order valence-corrected chi connectivity index (χ4v) is 1.59. The zero-order chi connectivity index (χ0) is 13.7. The molecule has 0 saturated carbocycles. The number of carbonyl (C=O) groups is 1. The van der Waals surface area contributed by atoms with Crippen molar-refractivity contribution in [2.45, 2.75) is 19.9 Å². The maximum Gasteiger partial charge on any atom is 0.270 e. The highest BCUT2D eigenvalue weighted by atomic mass is 19.1. The number of nitrogens with zero attached hydrogens (tertiary/aromatic N) is 2. The van der Waals surface area contributed by atoms with Gasteiger partial charge < -0.3 is 10.2 Å². The van der Waals surface area contributed by atoms with E-state index >= 15 is 0 Å². The zero-order valence-corrected chi connectivity index (χ0v) is 11.3. The first-order chi connectivity index (χ1) is 8.40. The summed E-state index contributed by atoms with van der Waals surface area (Å²) in [6.45, 7) is 4.81. The van der Waals surface area contributed by atoms with Crippen LogP contribution in [0.25, 0.3) is 0 Å². The highest BCUT2D eigenvalue weighted by Crippen LogP contribution is 2.05. The Balaban J connectivity index is 2.72. The van der Waals surface area contributed by atoms with Crippen molar-refractivity contribution in [1.29, 1.82) is 0 Å². The molecule has 100 valence electrons. The van der Waals surface area contributed by atoms with Gasteiger partial charge in [-0.25, -0.2) is 4.98 Å². The average molecular weight is 253 g/mol. The Bertz CT molecular complexity index is 407. The molecule has 1 atom stereocenters. The van der Waals surface area contributed by atoms with Crippen molar-refractivity contribution in [2.24, 2.45) is 5.92 Å². The van der Waals surface area contributed by atoms with Crippen molar-refractivity contribution in [3.05, 3.63) is 29.8 Å². The Kier molecular flexibility index (Phi) is 5.22. The lowest BCUT2D eigenvalue weighted by Gasteiger charge is -2.25. The first-order valence-electron chi connectivity index (χ1n) is 5.98. The molecule has 1 rings (SSSR count). The van der Waals surface area contributed by atoms with E-state index in [2.05, 4.69) is 10.3 Å². The highest BCUT2D eigenvalue weighted by Gasteiger charge is 2.18. The number of aromatic nitrogens is 1. The Morgan fingerprint density at radius 3 is 2.61 bits per heavy atom. The third kappa shape index (κ3) is 4.41. The van der Waals surface area contributed by atoms with Gasteiger partial charge in [-0.15, -0.1) is 0 Å². The minimum atomic E-state index is -0.642. The molecule has 0 aliphatic heterocycles. The number of likely N-dealkylation sites (N-methyl/N-ethyl adjacent to an activating group) is 1. The molecule has 0 aromatic carbocycles. The summed E-state index contributed by atoms with van der Waals surface area (Å²) in [6, 6.07) is 4.22. The normalized spacial score (nSPS) is 12.8. The first kappa shape index (κ1) is 14.6. The average Bonchev–Trinajstić information content (AvgIpc) is 2.27. The second-order valence-electron chi connectivity index (χ2n) is 4.93. The maximum atomic E-state index is 12.9. The molecule has 1 heterocycles. The summed E-state index contributed by atoms with van der Waals surface area (Å²) in [6.07, 6.45) is 0. The lowest BCUT2D eigenvalue weighted by atomic mass is 10.0. The predicted octanol–water partition coefficient (Wildman–Crippen LogP) is 1.54. The number of carbonyl (C=O) groups excluding carboxylic acids is 1. The lowest BCUT2D eigenvalue weighted by molar-refractivity contribution is 0.0910. The van der Waals surface area contributed by atoms with E-state index in [1.54, 1.807) is 0 Å². The number of rotatable bonds is 5. The van der Waals surface area contributed by atoms with Crippen molar-refractivity contribution < 1.29 is 9.18 Å². The Labute approximate surface area is 107 Å². The summed E-state index contributed by atoms with van der Waals surface area (Å²) >= 11 is 0. The van der Waals surface area contributed by atoms with Crippen LogP contribution in [-0.2, 0) is 0 Å². The van der Waals surface area contributed by atoms with Gasteiger partial charge in [-0.3, -0.25) is 4.79 Å². The van der Waals surface area contributed by atoms with E-state index in [0.717, 1.165) is 6.54 Å². The number of hydrogen-bond donors (Lipinski definition) is 1. The fourth-order valence-electron chi connectivity index (χ4n) is 1.59. The van der Waals surface area contributed by atoms with Crippen LogP contribution in [0.5, 0.6) is 0 Å². The molecule has 18 heavy (non-hydrogen) atoms. The van der Waals surface area contributed by atoms with Gasteiger partial charge in [-0.05, 0) is 32.1 Å². The Hall–Kier alpha value is -1.49. The van der Waals surface area contributed by atoms with Crippen LogP contribution in [0.15, 0.2) is 18.2 Å². The summed E-state index contributed by atoms with van der Waals surface area (Å²) in [4.78, 5) is 17.5. The van der Waals surface area contributed by atoms with Crippen LogP contribution < -0.4 is 5.32 Å². The number of hydrogen-bond acceptors (Lipinski definition) is 3. The molecule has 1 amide bonds. The van der Waals surface area contributed by atoms with E-state index in [9.17, 15) is 9.18 Å². The van der Waals surface area contributed by atoms with E-state index in [1.807, 2.05) is 32.8 Å². The van der Waals surface area contributed by atoms with Gasteiger partial charge in [-0.2, -0.15) is 4.39 Å². The van der Waals surface area contributed by atoms with E-state index in [1.165, 1.54) is 18.2 Å². The Morgan fingerprint density at radius 2 is 2.11 bits per heavy atom. The molecule has 0 aliphatic rings. The van der Waals surface area contributed by atoms with Gasteiger partial charge in [0.2, 0.25) is 5.95 Å². The van der Waals surface area contributed by atoms with Crippen LogP contribution in [0.3, 0.4) is 0 Å². The van der Waals surface area contributed by atoms with Crippen molar-refractivity contribution in [2.75, 3.05) is 20.6 Å². The van der Waals surface area contributed by atoms with E-state index < -0.39 is 5.95 Å². The second-order valence-corrected chi connectivity index (χ2v) is 4.93. The number of halogens is 1. The van der Waals surface area contributed by atoms with Crippen LogP contribution in [0, 0.1) is 11.9 Å². The van der Waals surface area contributed by atoms with Crippen molar-refractivity contribution in [3.8, 4) is 0 Å². The maximum absolute atomic E-state index is 12.9.